The lowest BCUT2D eigenvalue weighted by Gasteiger charge is -2.07. The van der Waals surface area contributed by atoms with Crippen molar-refractivity contribution in [3.63, 3.8) is 0 Å². The molecule has 0 unspecified atom stereocenters. The molecule has 1 aliphatic rings. The molecule has 0 radical (unpaired) electrons. The van der Waals surface area contributed by atoms with Crippen molar-refractivity contribution >= 4 is 5.78 Å². The molecule has 1 aromatic rings. The maximum Gasteiger partial charge on any atom is 0.155 e. The predicted octanol–water partition coefficient (Wildman–Crippen LogP) is 2.53. The molecule has 2 nitrogen and oxygen atoms in total. The Morgan fingerprint density at radius 2 is 2.07 bits per heavy atom. The smallest absolute Gasteiger partial charge is 0.155 e. The lowest BCUT2D eigenvalue weighted by molar-refractivity contribution is -0.114. The third kappa shape index (κ3) is 2.27. The van der Waals surface area contributed by atoms with Gasteiger partial charge in [0.15, 0.2) is 5.78 Å². The van der Waals surface area contributed by atoms with Gasteiger partial charge in [-0.25, -0.2) is 0 Å². The van der Waals surface area contributed by atoms with E-state index in [1.54, 1.807) is 13.2 Å². The normalized spacial score (nSPS) is 15.3. The maximum absolute atomic E-state index is 11.1. The van der Waals surface area contributed by atoms with Crippen LogP contribution in [0.1, 0.15) is 18.4 Å². The summed E-state index contributed by atoms with van der Waals surface area (Å²) in [5, 5.41) is 0. The van der Waals surface area contributed by atoms with E-state index >= 15 is 0 Å². The number of ketones is 1. The molecule has 0 atom stereocenters. The number of ether oxygens (including phenoxy) is 1. The molecule has 0 saturated heterocycles. The highest BCUT2D eigenvalue weighted by Crippen LogP contribution is 2.25. The average molecular weight is 202 g/mol. The molecule has 15 heavy (non-hydrogen) atoms. The van der Waals surface area contributed by atoms with Crippen LogP contribution < -0.4 is 4.74 Å². The number of hydrogen-bond acceptors (Lipinski definition) is 2. The van der Waals surface area contributed by atoms with Crippen molar-refractivity contribution in [1.29, 1.82) is 0 Å². The largest absolute Gasteiger partial charge is 0.496 e. The number of methoxy groups -OCH3 is 1. The maximum atomic E-state index is 11.1. The van der Waals surface area contributed by atoms with Crippen LogP contribution in [0.25, 0.3) is 0 Å². The first-order valence-electron chi connectivity index (χ1n) is 5.14. The number of hydrogen-bond donors (Lipinski definition) is 0. The Kier molecular flexibility index (Phi) is 2.86. The highest BCUT2D eigenvalue weighted by molar-refractivity contribution is 5.93. The van der Waals surface area contributed by atoms with Crippen molar-refractivity contribution in [2.24, 2.45) is 0 Å². The zero-order valence-corrected chi connectivity index (χ0v) is 8.82. The molecule has 0 fully saturated rings. The number of rotatable bonds is 3. The lowest BCUT2D eigenvalue weighted by atomic mass is 10.0. The van der Waals surface area contributed by atoms with Crippen LogP contribution in [0.5, 0.6) is 5.75 Å². The van der Waals surface area contributed by atoms with Crippen molar-refractivity contribution in [1.82, 2.24) is 0 Å². The van der Waals surface area contributed by atoms with Crippen molar-refractivity contribution in [3.8, 4) is 5.75 Å². The molecule has 1 aromatic carbocycles. The van der Waals surface area contributed by atoms with E-state index in [-0.39, 0.29) is 5.78 Å². The summed E-state index contributed by atoms with van der Waals surface area (Å²) in [6, 6.07) is 7.95. The fraction of sp³-hybridized carbons (Fsp3) is 0.308. The topological polar surface area (TPSA) is 26.3 Å². The molecule has 0 heterocycles. The van der Waals surface area contributed by atoms with Gasteiger partial charge < -0.3 is 4.74 Å². The van der Waals surface area contributed by atoms with Crippen LogP contribution in [-0.2, 0) is 11.2 Å². The van der Waals surface area contributed by atoms with E-state index in [9.17, 15) is 4.79 Å². The van der Waals surface area contributed by atoms with Gasteiger partial charge in [0.25, 0.3) is 0 Å². The summed E-state index contributed by atoms with van der Waals surface area (Å²) in [6.45, 7) is 0. The monoisotopic (exact) mass is 202 g/mol. The number of carbonyl (C=O) groups is 1. The molecular formula is C13H14O2. The molecule has 0 spiro atoms. The molecule has 2 rings (SSSR count). The second kappa shape index (κ2) is 4.30. The van der Waals surface area contributed by atoms with E-state index in [1.807, 2.05) is 24.3 Å². The van der Waals surface area contributed by atoms with E-state index in [0.29, 0.717) is 6.42 Å². The van der Waals surface area contributed by atoms with E-state index in [4.69, 9.17) is 4.74 Å². The second-order valence-corrected chi connectivity index (χ2v) is 3.76. The van der Waals surface area contributed by atoms with E-state index < -0.39 is 0 Å². The fourth-order valence-corrected chi connectivity index (χ4v) is 1.89. The molecule has 1 aliphatic carbocycles. The summed E-state index contributed by atoms with van der Waals surface area (Å²) in [6.07, 6.45) is 4.17. The van der Waals surface area contributed by atoms with E-state index in [1.165, 1.54) is 5.57 Å². The minimum atomic E-state index is 0.250. The molecule has 0 N–H and O–H groups in total. The van der Waals surface area contributed by atoms with Gasteiger partial charge in [0.1, 0.15) is 5.75 Å². The summed E-state index contributed by atoms with van der Waals surface area (Å²) in [4.78, 5) is 11.1. The minimum Gasteiger partial charge on any atom is -0.496 e. The van der Waals surface area contributed by atoms with Gasteiger partial charge in [-0.15, -0.1) is 0 Å². The fourth-order valence-electron chi connectivity index (χ4n) is 1.89. The SMILES string of the molecule is COc1ccccc1CC1=CC(=O)CC1. The molecule has 0 aliphatic heterocycles. The Balaban J connectivity index is 2.17. The van der Waals surface area contributed by atoms with Gasteiger partial charge >= 0.3 is 0 Å². The Morgan fingerprint density at radius 3 is 2.73 bits per heavy atom. The Morgan fingerprint density at radius 1 is 1.27 bits per heavy atom. The van der Waals surface area contributed by atoms with Gasteiger partial charge in [0.05, 0.1) is 7.11 Å². The molecule has 0 aromatic heterocycles. The van der Waals surface area contributed by atoms with Gasteiger partial charge in [-0.3, -0.25) is 4.79 Å². The van der Waals surface area contributed by atoms with Crippen molar-refractivity contribution < 1.29 is 9.53 Å². The zero-order chi connectivity index (χ0) is 10.7. The van der Waals surface area contributed by atoms with Crippen LogP contribution >= 0.6 is 0 Å². The summed E-state index contributed by atoms with van der Waals surface area (Å²) in [5.41, 5.74) is 2.37. The summed E-state index contributed by atoms with van der Waals surface area (Å²) < 4.78 is 5.27. The first kappa shape index (κ1) is 9.97. The average Bonchev–Trinajstić information content (AvgIpc) is 2.65. The van der Waals surface area contributed by atoms with Crippen LogP contribution in [0.3, 0.4) is 0 Å². The molecule has 0 bridgehead atoms. The molecule has 0 saturated carbocycles. The highest BCUT2D eigenvalue weighted by atomic mass is 16.5. The van der Waals surface area contributed by atoms with Crippen molar-refractivity contribution in [3.05, 3.63) is 41.5 Å². The Labute approximate surface area is 89.6 Å². The minimum absolute atomic E-state index is 0.250. The first-order chi connectivity index (χ1) is 7.29. The molecule has 0 amide bonds. The number of para-hydroxylation sites is 1. The van der Waals surface area contributed by atoms with Crippen LogP contribution in [0, 0.1) is 0 Å². The van der Waals surface area contributed by atoms with Crippen LogP contribution in [0.4, 0.5) is 0 Å². The van der Waals surface area contributed by atoms with E-state index in [2.05, 4.69) is 0 Å². The Hall–Kier alpha value is -1.57. The standard InChI is InChI=1S/C13H14O2/c1-15-13-5-3-2-4-11(13)8-10-6-7-12(14)9-10/h2-5,9H,6-8H2,1H3. The summed E-state index contributed by atoms with van der Waals surface area (Å²) in [5.74, 6) is 1.15. The number of carbonyl (C=O) groups excluding carboxylic acids is 1. The third-order valence-electron chi connectivity index (χ3n) is 2.67. The van der Waals surface area contributed by atoms with Crippen LogP contribution in [0.15, 0.2) is 35.9 Å². The van der Waals surface area contributed by atoms with E-state index in [0.717, 1.165) is 24.2 Å². The third-order valence-corrected chi connectivity index (χ3v) is 2.67. The van der Waals surface area contributed by atoms with Gasteiger partial charge in [-0.05, 0) is 30.5 Å². The Bertz CT molecular complexity index is 405. The van der Waals surface area contributed by atoms with Crippen LogP contribution in [-0.4, -0.2) is 12.9 Å². The van der Waals surface area contributed by atoms with Gasteiger partial charge in [-0.2, -0.15) is 0 Å². The summed E-state index contributed by atoms with van der Waals surface area (Å²) >= 11 is 0. The van der Waals surface area contributed by atoms with Crippen molar-refractivity contribution in [2.75, 3.05) is 7.11 Å². The summed E-state index contributed by atoms with van der Waals surface area (Å²) in [7, 11) is 1.67. The second-order valence-electron chi connectivity index (χ2n) is 3.76. The lowest BCUT2D eigenvalue weighted by Crippen LogP contribution is -1.93. The predicted molar refractivity (Wildman–Crippen MR) is 59.0 cm³/mol. The molecule has 78 valence electrons. The number of allylic oxidation sites excluding steroid dienone is 2. The van der Waals surface area contributed by atoms with Crippen molar-refractivity contribution in [2.45, 2.75) is 19.3 Å². The number of benzene rings is 1. The van der Waals surface area contributed by atoms with Gasteiger partial charge in [-0.1, -0.05) is 23.8 Å². The van der Waals surface area contributed by atoms with Gasteiger partial charge in [0.2, 0.25) is 0 Å². The first-order valence-corrected chi connectivity index (χ1v) is 5.14. The van der Waals surface area contributed by atoms with Gasteiger partial charge in [0, 0.05) is 6.42 Å². The zero-order valence-electron chi connectivity index (χ0n) is 8.82. The molecular weight excluding hydrogens is 188 g/mol. The quantitative estimate of drug-likeness (QED) is 0.752. The van der Waals surface area contributed by atoms with Crippen LogP contribution in [0.2, 0.25) is 0 Å². The molecule has 2 heteroatoms. The highest BCUT2D eigenvalue weighted by Gasteiger charge is 2.13.